The van der Waals surface area contributed by atoms with E-state index in [9.17, 15) is 4.57 Å². The van der Waals surface area contributed by atoms with Crippen molar-refractivity contribution in [2.24, 2.45) is 5.92 Å². The molecule has 1 rings (SSSR count). The van der Waals surface area contributed by atoms with Crippen LogP contribution in [0.5, 0.6) is 0 Å². The largest absolute Gasteiger partial charge is 0.327 e. The van der Waals surface area contributed by atoms with Crippen LogP contribution in [0.2, 0.25) is 0 Å². The van der Waals surface area contributed by atoms with Gasteiger partial charge in [-0.25, -0.2) is 0 Å². The molecule has 3 heteroatoms. The molecule has 1 aromatic carbocycles. The quantitative estimate of drug-likeness (QED) is 0.701. The van der Waals surface area contributed by atoms with Crippen molar-refractivity contribution in [1.29, 1.82) is 0 Å². The Bertz CT molecular complexity index is 283. The number of benzene rings is 1. The molecule has 0 spiro atoms. The zero-order valence-electron chi connectivity index (χ0n) is 8.69. The van der Waals surface area contributed by atoms with Gasteiger partial charge in [-0.05, 0) is 24.5 Å². The van der Waals surface area contributed by atoms with Crippen LogP contribution in [0.4, 0.5) is 0 Å². The van der Waals surface area contributed by atoms with Crippen LogP contribution in [0, 0.1) is 5.92 Å². The highest BCUT2D eigenvalue weighted by molar-refractivity contribution is 7.48. The summed E-state index contributed by atoms with van der Waals surface area (Å²) in [6.07, 6.45) is 0.962. The van der Waals surface area contributed by atoms with E-state index in [0.717, 1.165) is 11.7 Å². The van der Waals surface area contributed by atoms with Crippen LogP contribution in [0.1, 0.15) is 20.3 Å². The number of hydrogen-bond donors (Lipinski definition) is 0. The second kappa shape index (κ2) is 6.00. The van der Waals surface area contributed by atoms with Gasteiger partial charge in [-0.2, -0.15) is 0 Å². The zero-order valence-corrected chi connectivity index (χ0v) is 9.69. The molecule has 0 fully saturated rings. The zero-order chi connectivity index (χ0) is 10.4. The van der Waals surface area contributed by atoms with E-state index in [1.165, 1.54) is 0 Å². The van der Waals surface area contributed by atoms with E-state index in [1.54, 1.807) is 0 Å². The Morgan fingerprint density at radius 1 is 1.29 bits per heavy atom. The second-order valence-corrected chi connectivity index (χ2v) is 5.13. The van der Waals surface area contributed by atoms with Gasteiger partial charge < -0.3 is 4.52 Å². The van der Waals surface area contributed by atoms with Gasteiger partial charge in [0.15, 0.2) is 0 Å². The average Bonchev–Trinajstić information content (AvgIpc) is 2.18. The molecular weight excluding hydrogens is 195 g/mol. The van der Waals surface area contributed by atoms with E-state index in [4.69, 9.17) is 4.52 Å². The highest BCUT2D eigenvalue weighted by atomic mass is 31.1. The van der Waals surface area contributed by atoms with Gasteiger partial charge in [-0.15, -0.1) is 0 Å². The third-order valence-corrected chi connectivity index (χ3v) is 3.21. The van der Waals surface area contributed by atoms with Gasteiger partial charge in [0.2, 0.25) is 8.03 Å². The van der Waals surface area contributed by atoms with Gasteiger partial charge in [-0.3, -0.25) is 4.57 Å². The lowest BCUT2D eigenvalue weighted by Gasteiger charge is -2.06. The number of rotatable bonds is 5. The lowest BCUT2D eigenvalue weighted by Crippen LogP contribution is -2.00. The van der Waals surface area contributed by atoms with Gasteiger partial charge in [0.25, 0.3) is 0 Å². The predicted molar refractivity (Wildman–Crippen MR) is 60.5 cm³/mol. The summed E-state index contributed by atoms with van der Waals surface area (Å²) in [5.41, 5.74) is 0. The van der Waals surface area contributed by atoms with Crippen molar-refractivity contribution in [2.45, 2.75) is 20.3 Å². The third-order valence-electron chi connectivity index (χ3n) is 1.94. The Morgan fingerprint density at radius 3 is 2.50 bits per heavy atom. The van der Waals surface area contributed by atoms with Crippen LogP contribution in [0.3, 0.4) is 0 Å². The molecular formula is C11H17O2P. The van der Waals surface area contributed by atoms with E-state index < -0.39 is 8.03 Å². The van der Waals surface area contributed by atoms with Crippen LogP contribution < -0.4 is 5.30 Å². The monoisotopic (exact) mass is 212 g/mol. The first-order valence-electron chi connectivity index (χ1n) is 4.92. The smallest absolute Gasteiger partial charge is 0.220 e. The highest BCUT2D eigenvalue weighted by Gasteiger charge is 2.02. The van der Waals surface area contributed by atoms with Crippen LogP contribution in [0.15, 0.2) is 30.3 Å². The first-order chi connectivity index (χ1) is 6.70. The van der Waals surface area contributed by atoms with Gasteiger partial charge in [-0.1, -0.05) is 32.0 Å². The molecule has 0 aromatic heterocycles. The molecule has 1 unspecified atom stereocenters. The maximum absolute atomic E-state index is 11.6. The molecule has 14 heavy (non-hydrogen) atoms. The van der Waals surface area contributed by atoms with E-state index >= 15 is 0 Å². The Kier molecular flexibility index (Phi) is 4.92. The van der Waals surface area contributed by atoms with Gasteiger partial charge >= 0.3 is 0 Å². The van der Waals surface area contributed by atoms with Crippen molar-refractivity contribution in [3.8, 4) is 0 Å². The molecule has 0 bridgehead atoms. The molecule has 0 saturated heterocycles. The SMILES string of the molecule is CC(C)CCO[PH](=O)c1ccccc1. The van der Waals surface area contributed by atoms with E-state index in [1.807, 2.05) is 30.3 Å². The van der Waals surface area contributed by atoms with Crippen molar-refractivity contribution in [3.63, 3.8) is 0 Å². The molecule has 0 radical (unpaired) electrons. The third kappa shape index (κ3) is 4.08. The highest BCUT2D eigenvalue weighted by Crippen LogP contribution is 2.21. The maximum Gasteiger partial charge on any atom is 0.220 e. The maximum atomic E-state index is 11.6. The number of hydrogen-bond acceptors (Lipinski definition) is 2. The van der Waals surface area contributed by atoms with Crippen molar-refractivity contribution >= 4 is 13.3 Å². The van der Waals surface area contributed by atoms with Crippen molar-refractivity contribution in [1.82, 2.24) is 0 Å². The van der Waals surface area contributed by atoms with Gasteiger partial charge in [0.1, 0.15) is 0 Å². The summed E-state index contributed by atoms with van der Waals surface area (Å²) in [5, 5.41) is 0.807. The summed E-state index contributed by atoms with van der Waals surface area (Å²) >= 11 is 0. The van der Waals surface area contributed by atoms with Crippen LogP contribution in [-0.2, 0) is 9.09 Å². The Balaban J connectivity index is 2.36. The minimum absolute atomic E-state index is 0.588. The van der Waals surface area contributed by atoms with Crippen LogP contribution >= 0.6 is 8.03 Å². The normalized spacial score (nSPS) is 13.1. The van der Waals surface area contributed by atoms with E-state index in [-0.39, 0.29) is 0 Å². The molecule has 2 nitrogen and oxygen atoms in total. The summed E-state index contributed by atoms with van der Waals surface area (Å²) in [4.78, 5) is 0. The summed E-state index contributed by atoms with van der Waals surface area (Å²) < 4.78 is 16.9. The summed E-state index contributed by atoms with van der Waals surface area (Å²) in [7, 11) is -2.01. The fourth-order valence-electron chi connectivity index (χ4n) is 1.04. The van der Waals surface area contributed by atoms with Gasteiger partial charge in [0, 0.05) is 5.30 Å². The lowest BCUT2D eigenvalue weighted by molar-refractivity contribution is 0.306. The fourth-order valence-corrected chi connectivity index (χ4v) is 1.98. The Morgan fingerprint density at radius 2 is 1.93 bits per heavy atom. The molecule has 78 valence electrons. The summed E-state index contributed by atoms with van der Waals surface area (Å²) in [6, 6.07) is 9.35. The Hall–Kier alpha value is -0.590. The van der Waals surface area contributed by atoms with E-state index in [2.05, 4.69) is 13.8 Å². The standard InChI is InChI=1S/C11H17O2P/c1-10(2)8-9-13-14(12)11-6-4-3-5-7-11/h3-7,10,14H,8-9H2,1-2H3. The lowest BCUT2D eigenvalue weighted by atomic mass is 10.2. The molecule has 0 aliphatic rings. The second-order valence-electron chi connectivity index (χ2n) is 3.68. The van der Waals surface area contributed by atoms with Crippen LogP contribution in [-0.4, -0.2) is 6.61 Å². The van der Waals surface area contributed by atoms with Crippen LogP contribution in [0.25, 0.3) is 0 Å². The Labute approximate surface area is 86.2 Å². The molecule has 1 aromatic rings. The minimum atomic E-state index is -2.01. The molecule has 0 aliphatic heterocycles. The van der Waals surface area contributed by atoms with Crippen molar-refractivity contribution in [2.75, 3.05) is 6.61 Å². The predicted octanol–water partition coefficient (Wildman–Crippen LogP) is 2.85. The fraction of sp³-hybridized carbons (Fsp3) is 0.455. The topological polar surface area (TPSA) is 26.3 Å². The molecule has 0 amide bonds. The molecule has 0 N–H and O–H groups in total. The first-order valence-corrected chi connectivity index (χ1v) is 6.24. The molecule has 0 aliphatic carbocycles. The molecule has 0 heterocycles. The van der Waals surface area contributed by atoms with E-state index in [0.29, 0.717) is 12.5 Å². The van der Waals surface area contributed by atoms with Crippen molar-refractivity contribution < 1.29 is 9.09 Å². The molecule has 1 atom stereocenters. The average molecular weight is 212 g/mol. The van der Waals surface area contributed by atoms with Crippen molar-refractivity contribution in [3.05, 3.63) is 30.3 Å². The summed E-state index contributed by atoms with van der Waals surface area (Å²) in [5.74, 6) is 0.598. The molecule has 0 saturated carbocycles. The summed E-state index contributed by atoms with van der Waals surface area (Å²) in [6.45, 7) is 4.84. The van der Waals surface area contributed by atoms with Gasteiger partial charge in [0.05, 0.1) is 6.61 Å². The minimum Gasteiger partial charge on any atom is -0.327 e. The first kappa shape index (κ1) is 11.5.